The van der Waals surface area contributed by atoms with Crippen molar-refractivity contribution in [1.29, 1.82) is 0 Å². The average molecular weight is 425 g/mol. The molecule has 0 radical (unpaired) electrons. The van der Waals surface area contributed by atoms with Gasteiger partial charge < -0.3 is 9.90 Å². The van der Waals surface area contributed by atoms with Crippen molar-refractivity contribution in [3.63, 3.8) is 0 Å². The van der Waals surface area contributed by atoms with Gasteiger partial charge in [-0.2, -0.15) is 0 Å². The van der Waals surface area contributed by atoms with Gasteiger partial charge >= 0.3 is 29.6 Å². The number of aliphatic carboxylic acids is 1. The van der Waals surface area contributed by atoms with E-state index in [1.54, 1.807) is 0 Å². The van der Waals surface area contributed by atoms with E-state index in [9.17, 15) is 24.3 Å². The van der Waals surface area contributed by atoms with E-state index >= 15 is 0 Å². The molecule has 0 N–H and O–H groups in total. The van der Waals surface area contributed by atoms with Crippen LogP contribution < -0.4 is 34.7 Å². The summed E-state index contributed by atoms with van der Waals surface area (Å²) in [5.74, 6) is 0.130. The van der Waals surface area contributed by atoms with Crippen molar-refractivity contribution >= 4 is 23.3 Å². The van der Waals surface area contributed by atoms with Gasteiger partial charge in [-0.3, -0.25) is 14.4 Å². The molecule has 5 nitrogen and oxygen atoms in total. The number of hydrogen-bond acceptors (Lipinski definition) is 5. The smallest absolute Gasteiger partial charge is 0.550 e. The van der Waals surface area contributed by atoms with Gasteiger partial charge in [0.2, 0.25) is 0 Å². The van der Waals surface area contributed by atoms with Gasteiger partial charge in [-0.15, -0.1) is 0 Å². The molecule has 4 fully saturated rings. The van der Waals surface area contributed by atoms with Crippen molar-refractivity contribution in [3.05, 3.63) is 0 Å². The van der Waals surface area contributed by atoms with Crippen LogP contribution in [0.1, 0.15) is 78.6 Å². The summed E-state index contributed by atoms with van der Waals surface area (Å²) < 4.78 is 0. The first kappa shape index (κ1) is 24.1. The fourth-order valence-corrected chi connectivity index (χ4v) is 7.94. The number of rotatable bonds is 4. The topological polar surface area (TPSA) is 91.3 Å². The predicted molar refractivity (Wildman–Crippen MR) is 104 cm³/mol. The Bertz CT molecular complexity index is 763. The third-order valence-corrected chi connectivity index (χ3v) is 9.71. The number of carbonyl (C=O) groups excluding carboxylic acids is 4. The van der Waals surface area contributed by atoms with Crippen LogP contribution in [0, 0.1) is 46.3 Å². The number of ketones is 3. The number of carbonyl (C=O) groups is 4. The standard InChI is InChI=1S/C24H34O5.Na/c1-13(4-7-21(28)29)16-5-6-17-22-18(12-20(27)24(16,17)3)23(2)9-8-15(25)10-14(23)11-19(22)26;/h13-14,16-18,22H,4-12H2,1-3H3,(H,28,29);/q;+1/p-1/t13-,14+,16-,17+,18+,22?,23+,24-;/m1./s1. The molecule has 8 atom stereocenters. The maximum absolute atomic E-state index is 13.6. The molecule has 1 unspecified atom stereocenters. The quantitative estimate of drug-likeness (QED) is 0.580. The van der Waals surface area contributed by atoms with Gasteiger partial charge in [0.1, 0.15) is 17.3 Å². The number of carboxylic acid groups (broad SMARTS) is 1. The van der Waals surface area contributed by atoms with E-state index < -0.39 is 11.4 Å². The number of fused-ring (bicyclic) bond motifs is 5. The van der Waals surface area contributed by atoms with Crippen LogP contribution in [0.3, 0.4) is 0 Å². The summed E-state index contributed by atoms with van der Waals surface area (Å²) in [5.41, 5.74) is -0.627. The Morgan fingerprint density at radius 3 is 2.47 bits per heavy atom. The van der Waals surface area contributed by atoms with E-state index in [2.05, 4.69) is 13.8 Å². The summed E-state index contributed by atoms with van der Waals surface area (Å²) in [5, 5.41) is 10.9. The first-order chi connectivity index (χ1) is 13.6. The van der Waals surface area contributed by atoms with Crippen LogP contribution in [0.25, 0.3) is 0 Å². The molecule has 4 rings (SSSR count). The third kappa shape index (κ3) is 3.57. The minimum atomic E-state index is -1.04. The molecule has 4 saturated carbocycles. The van der Waals surface area contributed by atoms with E-state index in [0.717, 1.165) is 19.3 Å². The summed E-state index contributed by atoms with van der Waals surface area (Å²) in [6.45, 7) is 6.32. The second kappa shape index (κ2) is 8.44. The van der Waals surface area contributed by atoms with Crippen LogP contribution in [0.2, 0.25) is 0 Å². The molecule has 6 heteroatoms. The molecule has 160 valence electrons. The molecular formula is C24H33NaO5. The van der Waals surface area contributed by atoms with Crippen molar-refractivity contribution in [3.8, 4) is 0 Å². The largest absolute Gasteiger partial charge is 1.00 e. The molecule has 0 spiro atoms. The van der Waals surface area contributed by atoms with E-state index in [1.807, 2.05) is 6.92 Å². The van der Waals surface area contributed by atoms with Gasteiger partial charge in [0.15, 0.2) is 0 Å². The maximum atomic E-state index is 13.6. The van der Waals surface area contributed by atoms with E-state index in [1.165, 1.54) is 0 Å². The molecule has 0 aromatic carbocycles. The number of carboxylic acids is 1. The minimum Gasteiger partial charge on any atom is -0.550 e. The van der Waals surface area contributed by atoms with Crippen LogP contribution in [-0.2, 0) is 19.2 Å². The van der Waals surface area contributed by atoms with Crippen LogP contribution in [0.4, 0.5) is 0 Å². The van der Waals surface area contributed by atoms with Gasteiger partial charge in [-0.25, -0.2) is 0 Å². The van der Waals surface area contributed by atoms with Crippen molar-refractivity contribution in [2.24, 2.45) is 46.3 Å². The predicted octanol–water partition coefficient (Wildman–Crippen LogP) is -0.257. The van der Waals surface area contributed by atoms with Gasteiger partial charge in [-0.1, -0.05) is 20.8 Å². The Kier molecular flexibility index (Phi) is 6.79. The number of Topliss-reactive ketones (excluding diaryl/α,β-unsaturated/α-hetero) is 3. The molecule has 0 saturated heterocycles. The second-order valence-electron chi connectivity index (χ2n) is 10.8. The van der Waals surface area contributed by atoms with Gasteiger partial charge in [0.05, 0.1) is 0 Å². The Hall–Kier alpha value is -0.520. The van der Waals surface area contributed by atoms with Gasteiger partial charge in [0, 0.05) is 43.0 Å². The SMILES string of the molecule is C[C@H](CCC(=O)[O-])[C@H]1CC[C@H]2C3C(=O)C[C@@H]4CC(=O)CC[C@]4(C)[C@H]3CC(=O)[C@]12C.[Na+]. The Balaban J connectivity index is 0.00000256. The van der Waals surface area contributed by atoms with Crippen molar-refractivity contribution in [2.45, 2.75) is 78.6 Å². The zero-order valence-electron chi connectivity index (χ0n) is 18.9. The van der Waals surface area contributed by atoms with Gasteiger partial charge in [-0.05, 0) is 67.1 Å². The fraction of sp³-hybridized carbons (Fsp3) is 0.833. The molecule has 0 aromatic rings. The Morgan fingerprint density at radius 2 is 1.80 bits per heavy atom. The molecule has 0 heterocycles. The normalized spacial score (nSPS) is 43.8. The molecule has 0 amide bonds. The molecule has 30 heavy (non-hydrogen) atoms. The molecule has 4 aliphatic carbocycles. The summed E-state index contributed by atoms with van der Waals surface area (Å²) in [7, 11) is 0. The van der Waals surface area contributed by atoms with Crippen LogP contribution in [0.5, 0.6) is 0 Å². The third-order valence-electron chi connectivity index (χ3n) is 9.71. The molecule has 0 bridgehead atoms. The Labute approximate surface area is 201 Å². The molecule has 0 aliphatic heterocycles. The zero-order chi connectivity index (χ0) is 21.1. The van der Waals surface area contributed by atoms with Crippen LogP contribution in [-0.4, -0.2) is 23.3 Å². The Morgan fingerprint density at radius 1 is 1.10 bits per heavy atom. The summed E-state index contributed by atoms with van der Waals surface area (Å²) in [6.07, 6.45) is 5.08. The van der Waals surface area contributed by atoms with Gasteiger partial charge in [0.25, 0.3) is 0 Å². The molecule has 0 aromatic heterocycles. The summed E-state index contributed by atoms with van der Waals surface area (Å²) in [4.78, 5) is 49.8. The van der Waals surface area contributed by atoms with Crippen molar-refractivity contribution < 1.29 is 53.8 Å². The monoisotopic (exact) mass is 424 g/mol. The van der Waals surface area contributed by atoms with E-state index in [4.69, 9.17) is 0 Å². The first-order valence-electron chi connectivity index (χ1n) is 11.4. The van der Waals surface area contributed by atoms with E-state index in [-0.39, 0.29) is 94.3 Å². The van der Waals surface area contributed by atoms with Crippen LogP contribution >= 0.6 is 0 Å². The first-order valence-corrected chi connectivity index (χ1v) is 11.4. The number of hydrogen-bond donors (Lipinski definition) is 0. The minimum absolute atomic E-state index is 0. The summed E-state index contributed by atoms with van der Waals surface area (Å²) >= 11 is 0. The zero-order valence-corrected chi connectivity index (χ0v) is 20.9. The fourth-order valence-electron chi connectivity index (χ4n) is 7.94. The average Bonchev–Trinajstić information content (AvgIpc) is 3.01. The summed E-state index contributed by atoms with van der Waals surface area (Å²) in [6, 6.07) is 0. The molecule has 4 aliphatic rings. The van der Waals surface area contributed by atoms with E-state index in [0.29, 0.717) is 32.1 Å². The maximum Gasteiger partial charge on any atom is 1.00 e. The molecular weight excluding hydrogens is 391 g/mol. The second-order valence-corrected chi connectivity index (χ2v) is 10.8. The van der Waals surface area contributed by atoms with Crippen LogP contribution in [0.15, 0.2) is 0 Å². The van der Waals surface area contributed by atoms with Crippen molar-refractivity contribution in [2.75, 3.05) is 0 Å². The van der Waals surface area contributed by atoms with Crippen molar-refractivity contribution in [1.82, 2.24) is 0 Å².